The zero-order valence-electron chi connectivity index (χ0n) is 12.8. The molecule has 120 valence electrons. The Balaban J connectivity index is 1.85. The third-order valence-corrected chi connectivity index (χ3v) is 5.59. The van der Waals surface area contributed by atoms with Crippen molar-refractivity contribution in [1.29, 1.82) is 0 Å². The highest BCUT2D eigenvalue weighted by Gasteiger charge is 2.27. The highest BCUT2D eigenvalue weighted by molar-refractivity contribution is 7.07. The molecule has 0 bridgehead atoms. The second-order valence-electron chi connectivity index (χ2n) is 5.97. The van der Waals surface area contributed by atoms with Crippen molar-refractivity contribution in [2.24, 2.45) is 4.99 Å². The van der Waals surface area contributed by atoms with Gasteiger partial charge in [-0.15, -0.1) is 0 Å². The minimum absolute atomic E-state index is 0.125. The number of rotatable bonds is 2. The topological polar surface area (TPSA) is 65.1 Å². The van der Waals surface area contributed by atoms with Crippen LogP contribution in [0.15, 0.2) is 9.79 Å². The molecule has 2 aliphatic rings. The lowest BCUT2D eigenvalue weighted by molar-refractivity contribution is -0.950. The Morgan fingerprint density at radius 2 is 2.09 bits per heavy atom. The molecule has 2 heterocycles. The molecule has 1 N–H and O–H groups in total. The van der Waals surface area contributed by atoms with Gasteiger partial charge in [0.05, 0.1) is 13.2 Å². The lowest BCUT2D eigenvalue weighted by Crippen LogP contribution is -3.16. The van der Waals surface area contributed by atoms with Crippen molar-refractivity contribution in [3.05, 3.63) is 19.7 Å². The maximum absolute atomic E-state index is 12.4. The summed E-state index contributed by atoms with van der Waals surface area (Å²) in [6.45, 7) is 1.39. The fourth-order valence-corrected chi connectivity index (χ4v) is 4.24. The third kappa shape index (κ3) is 3.15. The van der Waals surface area contributed by atoms with Crippen LogP contribution in [0.3, 0.4) is 0 Å². The number of hydrogen-bond donors (Lipinski definition) is 1. The molecular weight excluding hydrogens is 302 g/mol. The van der Waals surface area contributed by atoms with Crippen LogP contribution >= 0.6 is 11.3 Å². The molecule has 1 atom stereocenters. The van der Waals surface area contributed by atoms with E-state index in [2.05, 4.69) is 9.73 Å². The second kappa shape index (κ2) is 6.75. The number of ether oxygens (including phenoxy) is 1. The summed E-state index contributed by atoms with van der Waals surface area (Å²) in [6.07, 6.45) is 8.91. The van der Waals surface area contributed by atoms with E-state index < -0.39 is 5.97 Å². The average molecular weight is 324 g/mol. The summed E-state index contributed by atoms with van der Waals surface area (Å²) in [5, 5.41) is 0. The van der Waals surface area contributed by atoms with Crippen LogP contribution in [0.4, 0.5) is 0 Å². The molecule has 0 aromatic carbocycles. The van der Waals surface area contributed by atoms with E-state index in [1.165, 1.54) is 67.9 Å². The summed E-state index contributed by atoms with van der Waals surface area (Å²) >= 11 is 1.27. The SMILES string of the molecule is COC(=O)/C=c1/sc2n(c1=O)C[NH+](C1CCCCCC1)CN=2. The fourth-order valence-electron chi connectivity index (χ4n) is 3.30. The van der Waals surface area contributed by atoms with Gasteiger partial charge in [-0.2, -0.15) is 0 Å². The van der Waals surface area contributed by atoms with Gasteiger partial charge in [-0.1, -0.05) is 24.2 Å². The van der Waals surface area contributed by atoms with Gasteiger partial charge in [-0.3, -0.25) is 9.69 Å². The molecule has 3 rings (SSSR count). The number of quaternary nitrogens is 1. The van der Waals surface area contributed by atoms with E-state index >= 15 is 0 Å². The zero-order valence-corrected chi connectivity index (χ0v) is 13.7. The lowest BCUT2D eigenvalue weighted by atomic mass is 10.1. The van der Waals surface area contributed by atoms with Gasteiger partial charge >= 0.3 is 5.97 Å². The van der Waals surface area contributed by atoms with Gasteiger partial charge in [0.2, 0.25) is 0 Å². The lowest BCUT2D eigenvalue weighted by Gasteiger charge is -2.28. The Kier molecular flexibility index (Phi) is 4.73. The van der Waals surface area contributed by atoms with Crippen LogP contribution in [0.5, 0.6) is 0 Å². The van der Waals surface area contributed by atoms with E-state index in [0.29, 0.717) is 17.2 Å². The van der Waals surface area contributed by atoms with E-state index in [0.717, 1.165) is 11.5 Å². The largest absolute Gasteiger partial charge is 0.466 e. The predicted molar refractivity (Wildman–Crippen MR) is 83.2 cm³/mol. The number of thiazole rings is 1. The Bertz CT molecular complexity index is 713. The monoisotopic (exact) mass is 324 g/mol. The van der Waals surface area contributed by atoms with Gasteiger partial charge in [0, 0.05) is 6.08 Å². The van der Waals surface area contributed by atoms with E-state index in [1.807, 2.05) is 0 Å². The Morgan fingerprint density at radius 1 is 1.36 bits per heavy atom. The third-order valence-electron chi connectivity index (χ3n) is 4.55. The molecule has 0 radical (unpaired) electrons. The van der Waals surface area contributed by atoms with Crippen molar-refractivity contribution >= 4 is 23.4 Å². The van der Waals surface area contributed by atoms with Crippen LogP contribution in [0.1, 0.15) is 38.5 Å². The van der Waals surface area contributed by atoms with Gasteiger partial charge in [-0.25, -0.2) is 14.4 Å². The van der Waals surface area contributed by atoms with Gasteiger partial charge in [-0.05, 0) is 25.7 Å². The number of esters is 1. The molecular formula is C15H22N3O3S+. The Hall–Kier alpha value is -1.47. The quantitative estimate of drug-likeness (QED) is 0.562. The highest BCUT2D eigenvalue weighted by Crippen LogP contribution is 2.15. The second-order valence-corrected chi connectivity index (χ2v) is 6.98. The van der Waals surface area contributed by atoms with Gasteiger partial charge in [0.1, 0.15) is 4.53 Å². The summed E-state index contributed by atoms with van der Waals surface area (Å²) in [6, 6.07) is 0.597. The van der Waals surface area contributed by atoms with Crippen molar-refractivity contribution in [1.82, 2.24) is 4.57 Å². The van der Waals surface area contributed by atoms with Crippen LogP contribution in [0.25, 0.3) is 6.08 Å². The van der Waals surface area contributed by atoms with Gasteiger partial charge in [0.15, 0.2) is 18.1 Å². The first-order valence-electron chi connectivity index (χ1n) is 7.87. The molecule has 1 aliphatic carbocycles. The molecule has 1 aromatic heterocycles. The molecule has 0 saturated heterocycles. The molecule has 0 spiro atoms. The minimum atomic E-state index is -0.496. The number of nitrogens with one attached hydrogen (secondary N) is 1. The summed E-state index contributed by atoms with van der Waals surface area (Å²) in [7, 11) is 1.31. The molecule has 7 heteroatoms. The smallest absolute Gasteiger partial charge is 0.332 e. The fraction of sp³-hybridized carbons (Fsp3) is 0.667. The summed E-state index contributed by atoms with van der Waals surface area (Å²) < 4.78 is 6.72. The first-order chi connectivity index (χ1) is 10.7. The Morgan fingerprint density at radius 3 is 2.77 bits per heavy atom. The minimum Gasteiger partial charge on any atom is -0.466 e. The maximum atomic E-state index is 12.4. The molecule has 0 amide bonds. The predicted octanol–water partition coefficient (Wildman–Crippen LogP) is -0.981. The number of carbonyl (C=O) groups excluding carboxylic acids is 1. The summed E-state index contributed by atoms with van der Waals surface area (Å²) in [5.41, 5.74) is -0.125. The standard InChI is InChI=1S/C15H21N3O3S/c1-21-13(19)8-12-14(20)18-10-17(9-16-15(18)22-12)11-6-4-2-3-5-7-11/h8,11H,2-7,9-10H2,1H3/p+1/b12-8+. The maximum Gasteiger partial charge on any atom is 0.332 e. The highest BCUT2D eigenvalue weighted by atomic mass is 32.1. The summed E-state index contributed by atoms with van der Waals surface area (Å²) in [4.78, 5) is 30.4. The molecule has 1 aliphatic heterocycles. The molecule has 1 saturated carbocycles. The zero-order chi connectivity index (χ0) is 15.5. The van der Waals surface area contributed by atoms with Crippen LogP contribution in [-0.4, -0.2) is 30.4 Å². The van der Waals surface area contributed by atoms with Crippen LogP contribution in [0, 0.1) is 0 Å². The average Bonchev–Trinajstić information content (AvgIpc) is 2.74. The van der Waals surface area contributed by atoms with E-state index in [4.69, 9.17) is 0 Å². The number of aromatic nitrogens is 1. The number of carbonyl (C=O) groups is 1. The number of fused-ring (bicyclic) bond motifs is 1. The molecule has 1 aromatic rings. The van der Waals surface area contributed by atoms with E-state index in [9.17, 15) is 9.59 Å². The normalized spacial score (nSPS) is 23.5. The van der Waals surface area contributed by atoms with Crippen molar-refractivity contribution in [2.75, 3.05) is 13.8 Å². The molecule has 22 heavy (non-hydrogen) atoms. The molecule has 6 nitrogen and oxygen atoms in total. The van der Waals surface area contributed by atoms with E-state index in [1.54, 1.807) is 4.57 Å². The van der Waals surface area contributed by atoms with Crippen molar-refractivity contribution in [3.8, 4) is 0 Å². The van der Waals surface area contributed by atoms with Crippen LogP contribution < -0.4 is 19.8 Å². The summed E-state index contributed by atoms with van der Waals surface area (Å²) in [5.74, 6) is -0.496. The number of methoxy groups -OCH3 is 1. The van der Waals surface area contributed by atoms with Crippen molar-refractivity contribution in [3.63, 3.8) is 0 Å². The number of nitrogens with zero attached hydrogens (tertiary/aromatic N) is 2. The van der Waals surface area contributed by atoms with Crippen molar-refractivity contribution in [2.45, 2.75) is 51.2 Å². The Labute approximate surface area is 132 Å². The van der Waals surface area contributed by atoms with Crippen molar-refractivity contribution < 1.29 is 14.4 Å². The van der Waals surface area contributed by atoms with Gasteiger partial charge < -0.3 is 4.74 Å². The van der Waals surface area contributed by atoms with Gasteiger partial charge in [0.25, 0.3) is 5.56 Å². The first-order valence-corrected chi connectivity index (χ1v) is 8.69. The van der Waals surface area contributed by atoms with Crippen LogP contribution in [-0.2, 0) is 16.2 Å². The van der Waals surface area contributed by atoms with Crippen LogP contribution in [0.2, 0.25) is 0 Å². The molecule has 1 unspecified atom stereocenters. The van der Waals surface area contributed by atoms with E-state index in [-0.39, 0.29) is 5.56 Å². The molecule has 1 fully saturated rings. The number of hydrogen-bond acceptors (Lipinski definition) is 5. The first kappa shape index (κ1) is 15.4.